The summed E-state index contributed by atoms with van der Waals surface area (Å²) in [5.74, 6) is 0.344. The zero-order valence-corrected chi connectivity index (χ0v) is 8.53. The van der Waals surface area contributed by atoms with E-state index in [-0.39, 0.29) is 5.56 Å². The van der Waals surface area contributed by atoms with E-state index in [0.717, 1.165) is 6.42 Å². The summed E-state index contributed by atoms with van der Waals surface area (Å²) < 4.78 is 5.18. The van der Waals surface area contributed by atoms with Crippen molar-refractivity contribution in [2.24, 2.45) is 5.73 Å². The summed E-state index contributed by atoms with van der Waals surface area (Å²) in [6.07, 6.45) is 3.85. The van der Waals surface area contributed by atoms with Gasteiger partial charge in [0, 0.05) is 32.1 Å². The van der Waals surface area contributed by atoms with Crippen LogP contribution in [0.1, 0.15) is 6.42 Å². The third-order valence-electron chi connectivity index (χ3n) is 1.73. The number of aromatic nitrogens is 2. The molecule has 15 heavy (non-hydrogen) atoms. The minimum Gasteiger partial charge on any atom is -0.380 e. The number of hydrogen-bond donors (Lipinski definition) is 3. The second kappa shape index (κ2) is 6.97. The van der Waals surface area contributed by atoms with Crippen molar-refractivity contribution in [1.29, 1.82) is 0 Å². The predicted octanol–water partition coefficient (Wildman–Crippen LogP) is -0.453. The lowest BCUT2D eigenvalue weighted by atomic mass is 10.4. The summed E-state index contributed by atoms with van der Waals surface area (Å²) in [7, 11) is 0. The quantitative estimate of drug-likeness (QED) is 0.532. The Morgan fingerprint density at radius 3 is 3.13 bits per heavy atom. The highest BCUT2D eigenvalue weighted by atomic mass is 16.5. The molecular weight excluding hydrogens is 196 g/mol. The molecule has 0 saturated carbocycles. The van der Waals surface area contributed by atoms with Crippen LogP contribution < -0.4 is 16.6 Å². The fraction of sp³-hybridized carbons (Fsp3) is 0.556. The fourth-order valence-corrected chi connectivity index (χ4v) is 1.04. The van der Waals surface area contributed by atoms with Crippen molar-refractivity contribution in [2.45, 2.75) is 6.42 Å². The van der Waals surface area contributed by atoms with E-state index in [0.29, 0.717) is 32.1 Å². The third kappa shape index (κ3) is 4.57. The lowest BCUT2D eigenvalue weighted by molar-refractivity contribution is 0.141. The molecule has 0 aromatic carbocycles. The maximum atomic E-state index is 11.2. The summed E-state index contributed by atoms with van der Waals surface area (Å²) in [5, 5.41) is 2.92. The number of hydrogen-bond acceptors (Lipinski definition) is 5. The van der Waals surface area contributed by atoms with Crippen LogP contribution in [-0.4, -0.2) is 36.3 Å². The Kier molecular flexibility index (Phi) is 5.42. The van der Waals surface area contributed by atoms with E-state index in [4.69, 9.17) is 10.5 Å². The summed E-state index contributed by atoms with van der Waals surface area (Å²) in [6, 6.07) is 0. The zero-order chi connectivity index (χ0) is 10.9. The second-order valence-corrected chi connectivity index (χ2v) is 2.95. The summed E-state index contributed by atoms with van der Waals surface area (Å²) >= 11 is 0. The highest BCUT2D eigenvalue weighted by Gasteiger charge is 1.97. The first-order valence-electron chi connectivity index (χ1n) is 4.90. The van der Waals surface area contributed by atoms with Crippen molar-refractivity contribution in [3.63, 3.8) is 0 Å². The van der Waals surface area contributed by atoms with Gasteiger partial charge in [-0.15, -0.1) is 0 Å². The van der Waals surface area contributed by atoms with Gasteiger partial charge in [-0.05, 0) is 6.42 Å². The maximum absolute atomic E-state index is 11.2. The molecule has 0 aliphatic rings. The monoisotopic (exact) mass is 212 g/mol. The van der Waals surface area contributed by atoms with Gasteiger partial charge in [0.1, 0.15) is 0 Å². The second-order valence-electron chi connectivity index (χ2n) is 2.95. The topological polar surface area (TPSA) is 93.0 Å². The molecule has 0 amide bonds. The molecule has 0 atom stereocenters. The van der Waals surface area contributed by atoms with E-state index in [1.54, 1.807) is 0 Å². The molecule has 0 aliphatic carbocycles. The van der Waals surface area contributed by atoms with E-state index < -0.39 is 0 Å². The normalized spacial score (nSPS) is 10.2. The van der Waals surface area contributed by atoms with Crippen LogP contribution in [0.3, 0.4) is 0 Å². The molecule has 0 fully saturated rings. The van der Waals surface area contributed by atoms with Crippen molar-refractivity contribution in [2.75, 3.05) is 31.6 Å². The van der Waals surface area contributed by atoms with Gasteiger partial charge >= 0.3 is 0 Å². The molecule has 1 rings (SSSR count). The largest absolute Gasteiger partial charge is 0.380 e. The number of ether oxygens (including phenoxy) is 1. The average Bonchev–Trinajstić information content (AvgIpc) is 2.25. The molecule has 6 heteroatoms. The Balaban J connectivity index is 2.15. The van der Waals surface area contributed by atoms with Crippen LogP contribution in [0.2, 0.25) is 0 Å². The van der Waals surface area contributed by atoms with Gasteiger partial charge in [-0.3, -0.25) is 4.79 Å². The fourth-order valence-electron chi connectivity index (χ4n) is 1.04. The van der Waals surface area contributed by atoms with Crippen LogP contribution in [0.25, 0.3) is 0 Å². The minimum absolute atomic E-state index is 0.208. The van der Waals surface area contributed by atoms with E-state index in [9.17, 15) is 4.79 Å². The third-order valence-corrected chi connectivity index (χ3v) is 1.73. The van der Waals surface area contributed by atoms with Gasteiger partial charge in [0.15, 0.2) is 5.82 Å². The lowest BCUT2D eigenvalue weighted by Gasteiger charge is -2.04. The smallest absolute Gasteiger partial charge is 0.290 e. The predicted molar refractivity (Wildman–Crippen MR) is 57.8 cm³/mol. The van der Waals surface area contributed by atoms with Gasteiger partial charge in [-0.2, -0.15) is 0 Å². The SMILES string of the molecule is NCCOCCCNc1ncc[nH]c1=O. The van der Waals surface area contributed by atoms with Gasteiger partial charge in [-0.25, -0.2) is 4.98 Å². The van der Waals surface area contributed by atoms with Gasteiger partial charge in [0.05, 0.1) is 6.61 Å². The molecule has 4 N–H and O–H groups in total. The number of nitrogens with one attached hydrogen (secondary N) is 2. The Hall–Kier alpha value is -1.40. The summed E-state index contributed by atoms with van der Waals surface area (Å²) in [5.41, 5.74) is 5.05. The first-order valence-corrected chi connectivity index (χ1v) is 4.90. The standard InChI is InChI=1S/C9H16N4O2/c10-2-7-15-6-1-3-11-8-9(14)13-5-4-12-8/h4-5H,1-3,6-7,10H2,(H,11,12)(H,13,14). The summed E-state index contributed by atoms with van der Waals surface area (Å²) in [4.78, 5) is 17.6. The van der Waals surface area contributed by atoms with Crippen LogP contribution in [0.15, 0.2) is 17.2 Å². The molecular formula is C9H16N4O2. The van der Waals surface area contributed by atoms with Gasteiger partial charge in [0.25, 0.3) is 5.56 Å². The first kappa shape index (κ1) is 11.7. The van der Waals surface area contributed by atoms with Crippen molar-refractivity contribution >= 4 is 5.82 Å². The molecule has 6 nitrogen and oxygen atoms in total. The van der Waals surface area contributed by atoms with Crippen LogP contribution in [0.4, 0.5) is 5.82 Å². The van der Waals surface area contributed by atoms with Crippen molar-refractivity contribution in [1.82, 2.24) is 9.97 Å². The van der Waals surface area contributed by atoms with Crippen LogP contribution in [-0.2, 0) is 4.74 Å². The molecule has 0 unspecified atom stereocenters. The van der Waals surface area contributed by atoms with Gasteiger partial charge < -0.3 is 20.8 Å². The Morgan fingerprint density at radius 2 is 2.40 bits per heavy atom. The Labute approximate surface area is 87.9 Å². The highest BCUT2D eigenvalue weighted by molar-refractivity contribution is 5.29. The van der Waals surface area contributed by atoms with Crippen LogP contribution in [0.5, 0.6) is 0 Å². The van der Waals surface area contributed by atoms with Crippen LogP contribution in [0, 0.1) is 0 Å². The molecule has 0 aliphatic heterocycles. The first-order chi connectivity index (χ1) is 7.34. The zero-order valence-electron chi connectivity index (χ0n) is 8.53. The van der Waals surface area contributed by atoms with E-state index in [1.807, 2.05) is 0 Å². The van der Waals surface area contributed by atoms with E-state index >= 15 is 0 Å². The summed E-state index contributed by atoms with van der Waals surface area (Å²) in [6.45, 7) is 2.40. The molecule has 0 saturated heterocycles. The van der Waals surface area contributed by atoms with Gasteiger partial charge in [0.2, 0.25) is 0 Å². The molecule has 1 aromatic rings. The number of rotatable bonds is 7. The number of aromatic amines is 1. The molecule has 0 bridgehead atoms. The van der Waals surface area contributed by atoms with E-state index in [2.05, 4.69) is 15.3 Å². The molecule has 1 aromatic heterocycles. The molecule has 0 spiro atoms. The van der Waals surface area contributed by atoms with E-state index in [1.165, 1.54) is 12.4 Å². The maximum Gasteiger partial charge on any atom is 0.290 e. The number of anilines is 1. The molecule has 0 radical (unpaired) electrons. The Bertz CT molecular complexity index is 326. The average molecular weight is 212 g/mol. The van der Waals surface area contributed by atoms with Crippen molar-refractivity contribution in [3.8, 4) is 0 Å². The minimum atomic E-state index is -0.208. The Morgan fingerprint density at radius 1 is 1.53 bits per heavy atom. The number of nitrogens with zero attached hydrogens (tertiary/aromatic N) is 1. The number of H-pyrrole nitrogens is 1. The van der Waals surface area contributed by atoms with Crippen LogP contribution >= 0.6 is 0 Å². The highest BCUT2D eigenvalue weighted by Crippen LogP contribution is 1.90. The van der Waals surface area contributed by atoms with Crippen molar-refractivity contribution in [3.05, 3.63) is 22.7 Å². The number of nitrogens with two attached hydrogens (primary N) is 1. The molecule has 84 valence electrons. The van der Waals surface area contributed by atoms with Crippen molar-refractivity contribution < 1.29 is 4.74 Å². The van der Waals surface area contributed by atoms with Gasteiger partial charge in [-0.1, -0.05) is 0 Å². The lowest BCUT2D eigenvalue weighted by Crippen LogP contribution is -2.17. The molecule has 1 heterocycles.